The standard InChI is InChI=1S/C48H72N2O13/c1-28-21-33(13-12-15-34-14-8-10-19-49-34)39(54)27-38(53)31(4)43(29(2)23-32-17-18-37(52)40(25-32)59-5)62-47(57)36-16-9-11-20-50(36)46(56)45(55)48(58)30(3)24-41(60-6)44(63-48)42(61-7)26-35(51)22-28/h8,10,14,19,21,23,30-33,35-38,40-44,51-53,58H,9,11-13,15-18,20,22,24-27H2,1-7H3/b28-21+,29-23+/t30-,31-,32+,33-,35+,36+,37-,38+,40-,41+,42+,43-,44+,48-/m1/s1. The molecule has 0 radical (unpaired) electrons. The number of rotatable bonds is 9. The SMILES string of the molecule is CO[C@H]1C[C@@H](O)C/C(C)=C/[C@@H](CCCc2ccccn2)C(=O)C[C@H](O)[C@@H](C)[C@@H](/C(C)=C/[C@@H]2CC[C@@H](O)[C@H](OC)C2)OC(=O)[C@@H]2CCCCN2C(=O)C(=O)[C@]2(O)O[C@H]1[C@@H](OC)C[C@H]2C. The molecule has 1 saturated carbocycles. The van der Waals surface area contributed by atoms with Crippen LogP contribution in [0.15, 0.2) is 47.7 Å². The molecule has 2 bridgehead atoms. The highest BCUT2D eigenvalue weighted by atomic mass is 16.7. The van der Waals surface area contributed by atoms with Crippen LogP contribution in [-0.2, 0) is 49.3 Å². The maximum absolute atomic E-state index is 14.4. The zero-order valence-electron chi connectivity index (χ0n) is 38.2. The van der Waals surface area contributed by atoms with E-state index < -0.39 is 90.0 Å². The number of nitrogens with zero attached hydrogens (tertiary/aromatic N) is 2. The van der Waals surface area contributed by atoms with Gasteiger partial charge in [0.1, 0.15) is 24.0 Å². The fraction of sp³-hybridized carbons (Fsp3) is 0.729. The molecule has 14 atom stereocenters. The third-order valence-electron chi connectivity index (χ3n) is 13.9. The molecule has 15 nitrogen and oxygen atoms in total. The van der Waals surface area contributed by atoms with Crippen LogP contribution < -0.4 is 0 Å². The van der Waals surface area contributed by atoms with Crippen LogP contribution in [0.1, 0.15) is 110 Å². The molecule has 3 aliphatic heterocycles. The van der Waals surface area contributed by atoms with Crippen LogP contribution in [0.2, 0.25) is 0 Å². The Morgan fingerprint density at radius 1 is 0.921 bits per heavy atom. The van der Waals surface area contributed by atoms with Crippen LogP contribution in [0.25, 0.3) is 0 Å². The first-order chi connectivity index (χ1) is 30.0. The number of allylic oxidation sites excluding steroid dienone is 2. The molecule has 1 amide bonds. The summed E-state index contributed by atoms with van der Waals surface area (Å²) in [6.07, 6.45) is 3.36. The average Bonchev–Trinajstić information content (AvgIpc) is 3.27. The molecule has 1 aliphatic carbocycles. The largest absolute Gasteiger partial charge is 0.456 e. The van der Waals surface area contributed by atoms with E-state index in [2.05, 4.69) is 4.98 Å². The number of hydrogen-bond donors (Lipinski definition) is 4. The molecule has 1 aromatic rings. The second-order valence-electron chi connectivity index (χ2n) is 18.5. The van der Waals surface area contributed by atoms with E-state index in [0.717, 1.165) is 16.2 Å². The van der Waals surface area contributed by atoms with Crippen molar-refractivity contribution in [1.29, 1.82) is 0 Å². The number of ether oxygens (including phenoxy) is 5. The van der Waals surface area contributed by atoms with E-state index in [1.54, 1.807) is 34.1 Å². The highest BCUT2D eigenvalue weighted by Crippen LogP contribution is 2.39. The number of ketones is 2. The molecule has 4 heterocycles. The predicted molar refractivity (Wildman–Crippen MR) is 232 cm³/mol. The predicted octanol–water partition coefficient (Wildman–Crippen LogP) is 4.21. The smallest absolute Gasteiger partial charge is 0.329 e. The summed E-state index contributed by atoms with van der Waals surface area (Å²) in [5, 5.41) is 45.9. The molecule has 4 N–H and O–H groups in total. The Morgan fingerprint density at radius 2 is 1.63 bits per heavy atom. The lowest BCUT2D eigenvalue weighted by atomic mass is 9.81. The number of aliphatic hydroxyl groups is 4. The molecule has 352 valence electrons. The topological polar surface area (TPSA) is 211 Å². The second kappa shape index (κ2) is 23.2. The molecule has 4 aliphatic rings. The first kappa shape index (κ1) is 50.6. The number of esters is 1. The molecular weight excluding hydrogens is 813 g/mol. The lowest BCUT2D eigenvalue weighted by Gasteiger charge is -2.47. The molecule has 2 saturated heterocycles. The van der Waals surface area contributed by atoms with Gasteiger partial charge >= 0.3 is 5.97 Å². The minimum atomic E-state index is -2.60. The van der Waals surface area contributed by atoms with Gasteiger partial charge in [0.05, 0.1) is 36.6 Å². The fourth-order valence-corrected chi connectivity index (χ4v) is 10.0. The van der Waals surface area contributed by atoms with E-state index in [0.29, 0.717) is 56.9 Å². The number of amides is 1. The quantitative estimate of drug-likeness (QED) is 0.156. The average molecular weight is 885 g/mol. The summed E-state index contributed by atoms with van der Waals surface area (Å²) in [5.41, 5.74) is 2.25. The van der Waals surface area contributed by atoms with Gasteiger partial charge in [0.25, 0.3) is 11.7 Å². The van der Waals surface area contributed by atoms with Crippen molar-refractivity contribution < 1.29 is 63.3 Å². The molecule has 5 rings (SSSR count). The van der Waals surface area contributed by atoms with Crippen LogP contribution >= 0.6 is 0 Å². The van der Waals surface area contributed by atoms with E-state index in [-0.39, 0.29) is 56.5 Å². The van der Waals surface area contributed by atoms with Crippen molar-refractivity contribution in [2.45, 2.75) is 172 Å². The molecule has 0 aromatic carbocycles. The molecule has 0 spiro atoms. The number of cyclic esters (lactones) is 1. The van der Waals surface area contributed by atoms with Crippen molar-refractivity contribution in [3.8, 4) is 0 Å². The van der Waals surface area contributed by atoms with Gasteiger partial charge in [0, 0.05) is 70.4 Å². The van der Waals surface area contributed by atoms with E-state index in [9.17, 15) is 39.6 Å². The van der Waals surface area contributed by atoms with Crippen LogP contribution in [0, 0.1) is 23.7 Å². The molecular formula is C48H72N2O13. The highest BCUT2D eigenvalue weighted by Gasteiger charge is 2.56. The number of aliphatic hydroxyl groups excluding tert-OH is 3. The summed E-state index contributed by atoms with van der Waals surface area (Å²) in [4.78, 5) is 62.9. The first-order valence-corrected chi connectivity index (χ1v) is 22.9. The van der Waals surface area contributed by atoms with Crippen LogP contribution in [0.3, 0.4) is 0 Å². The Kier molecular flexibility index (Phi) is 18.6. The van der Waals surface area contributed by atoms with E-state index in [4.69, 9.17) is 23.7 Å². The third kappa shape index (κ3) is 12.7. The number of carbonyl (C=O) groups is 4. The number of carbonyl (C=O) groups excluding carboxylic acids is 4. The number of methoxy groups -OCH3 is 3. The van der Waals surface area contributed by atoms with E-state index >= 15 is 0 Å². The van der Waals surface area contributed by atoms with Gasteiger partial charge in [-0.15, -0.1) is 0 Å². The number of pyridine rings is 1. The highest BCUT2D eigenvalue weighted by molar-refractivity contribution is 6.39. The van der Waals surface area contributed by atoms with Crippen LogP contribution in [0.5, 0.6) is 0 Å². The van der Waals surface area contributed by atoms with Gasteiger partial charge in [-0.3, -0.25) is 19.4 Å². The van der Waals surface area contributed by atoms with Gasteiger partial charge < -0.3 is 49.0 Å². The summed E-state index contributed by atoms with van der Waals surface area (Å²) in [5.74, 6) is -8.26. The van der Waals surface area contributed by atoms with E-state index in [1.807, 2.05) is 37.3 Å². The van der Waals surface area contributed by atoms with Gasteiger partial charge in [-0.2, -0.15) is 0 Å². The van der Waals surface area contributed by atoms with E-state index in [1.165, 1.54) is 14.2 Å². The van der Waals surface area contributed by atoms with Crippen LogP contribution in [0.4, 0.5) is 0 Å². The third-order valence-corrected chi connectivity index (χ3v) is 13.9. The number of piperidine rings is 1. The van der Waals surface area contributed by atoms with Crippen molar-refractivity contribution in [3.63, 3.8) is 0 Å². The van der Waals surface area contributed by atoms with Crippen molar-refractivity contribution in [2.24, 2.45) is 23.7 Å². The van der Waals surface area contributed by atoms with Gasteiger partial charge in [-0.1, -0.05) is 37.6 Å². The molecule has 15 heteroatoms. The zero-order valence-corrected chi connectivity index (χ0v) is 38.2. The Hall–Kier alpha value is -3.41. The first-order valence-electron chi connectivity index (χ1n) is 22.9. The summed E-state index contributed by atoms with van der Waals surface area (Å²) in [6, 6.07) is 4.50. The molecule has 1 aromatic heterocycles. The number of aromatic nitrogens is 1. The molecule has 3 fully saturated rings. The molecule has 0 unspecified atom stereocenters. The zero-order chi connectivity index (χ0) is 46.0. The fourth-order valence-electron chi connectivity index (χ4n) is 10.0. The lowest BCUT2D eigenvalue weighted by Crippen LogP contribution is -2.64. The van der Waals surface area contributed by atoms with Crippen LogP contribution in [-0.4, -0.2) is 142 Å². The van der Waals surface area contributed by atoms with Crippen molar-refractivity contribution in [3.05, 3.63) is 53.4 Å². The van der Waals surface area contributed by atoms with Crippen molar-refractivity contribution in [1.82, 2.24) is 9.88 Å². The Morgan fingerprint density at radius 3 is 2.32 bits per heavy atom. The summed E-state index contributed by atoms with van der Waals surface area (Å²) >= 11 is 0. The second-order valence-corrected chi connectivity index (χ2v) is 18.5. The monoisotopic (exact) mass is 885 g/mol. The number of hydrogen-bond acceptors (Lipinski definition) is 14. The summed E-state index contributed by atoms with van der Waals surface area (Å²) < 4.78 is 29.6. The minimum Gasteiger partial charge on any atom is -0.456 e. The normalized spacial score (nSPS) is 38.2. The van der Waals surface area contributed by atoms with Gasteiger partial charge in [-0.25, -0.2) is 4.79 Å². The van der Waals surface area contributed by atoms with Gasteiger partial charge in [0.2, 0.25) is 5.79 Å². The number of fused-ring (bicyclic) bond motifs is 3. The molecule has 63 heavy (non-hydrogen) atoms. The van der Waals surface area contributed by atoms with Gasteiger partial charge in [-0.05, 0) is 108 Å². The maximum atomic E-state index is 14.4. The number of aryl methyl sites for hydroxylation is 1. The lowest BCUT2D eigenvalue weighted by molar-refractivity contribution is -0.303. The Balaban J connectivity index is 1.54. The number of Topliss-reactive ketones (excluding diaryl/α,β-unsaturated/α-hetero) is 2. The van der Waals surface area contributed by atoms with Crippen molar-refractivity contribution in [2.75, 3.05) is 27.9 Å². The minimum absolute atomic E-state index is 0.00911. The Bertz CT molecular complexity index is 1760. The Labute approximate surface area is 372 Å². The van der Waals surface area contributed by atoms with Crippen molar-refractivity contribution >= 4 is 23.4 Å². The summed E-state index contributed by atoms with van der Waals surface area (Å²) in [7, 11) is 4.45. The summed E-state index contributed by atoms with van der Waals surface area (Å²) in [6.45, 7) is 6.99. The maximum Gasteiger partial charge on any atom is 0.329 e. The van der Waals surface area contributed by atoms with Gasteiger partial charge in [0.15, 0.2) is 0 Å².